The summed E-state index contributed by atoms with van der Waals surface area (Å²) >= 11 is 0. The van der Waals surface area contributed by atoms with Crippen LogP contribution in [0.4, 0.5) is 24.7 Å². The van der Waals surface area contributed by atoms with Crippen molar-refractivity contribution in [2.75, 3.05) is 5.32 Å². The molecular formula is C16H9F3N3O2-. The highest BCUT2D eigenvalue weighted by Gasteiger charge is 2.30. The van der Waals surface area contributed by atoms with Gasteiger partial charge in [-0.3, -0.25) is 0 Å². The Hall–Kier alpha value is -3.16. The minimum Gasteiger partial charge on any atom is -0.545 e. The lowest BCUT2D eigenvalue weighted by atomic mass is 10.1. The molecule has 0 aliphatic carbocycles. The fraction of sp³-hybridized carbons (Fsp3) is 0.0625. The molecule has 1 heterocycles. The number of carboxylic acid groups (broad SMARTS) is 1. The van der Waals surface area contributed by atoms with Gasteiger partial charge in [0, 0.05) is 11.3 Å². The van der Waals surface area contributed by atoms with Gasteiger partial charge in [0.25, 0.3) is 0 Å². The lowest BCUT2D eigenvalue weighted by molar-refractivity contribution is -0.254. The van der Waals surface area contributed by atoms with Gasteiger partial charge in [-0.15, -0.1) is 0 Å². The first kappa shape index (κ1) is 15.7. The number of fused-ring (bicyclic) bond motifs is 1. The fourth-order valence-electron chi connectivity index (χ4n) is 2.28. The first-order valence-corrected chi connectivity index (χ1v) is 6.75. The highest BCUT2D eigenvalue weighted by Crippen LogP contribution is 2.32. The molecule has 122 valence electrons. The number of nitrogens with one attached hydrogen (secondary N) is 1. The number of carbonyl (C=O) groups excluding carboxylic acids is 1. The quantitative estimate of drug-likeness (QED) is 0.798. The van der Waals surface area contributed by atoms with Gasteiger partial charge in [0.05, 0.1) is 22.4 Å². The molecule has 0 atom stereocenters. The van der Waals surface area contributed by atoms with Crippen LogP contribution >= 0.6 is 0 Å². The first-order chi connectivity index (χ1) is 11.4. The predicted molar refractivity (Wildman–Crippen MR) is 78.6 cm³/mol. The molecule has 5 nitrogen and oxygen atoms in total. The number of alkyl halides is 3. The van der Waals surface area contributed by atoms with Crippen LogP contribution in [-0.2, 0) is 6.18 Å². The van der Waals surface area contributed by atoms with E-state index < -0.39 is 17.7 Å². The number of benzene rings is 2. The molecule has 3 rings (SSSR count). The van der Waals surface area contributed by atoms with Gasteiger partial charge < -0.3 is 15.2 Å². The second-order valence-electron chi connectivity index (χ2n) is 4.91. The molecule has 0 saturated heterocycles. The van der Waals surface area contributed by atoms with Crippen LogP contribution in [0.25, 0.3) is 10.9 Å². The minimum atomic E-state index is -4.48. The van der Waals surface area contributed by atoms with Crippen LogP contribution in [0, 0.1) is 0 Å². The number of anilines is 2. The van der Waals surface area contributed by atoms with E-state index >= 15 is 0 Å². The zero-order chi connectivity index (χ0) is 17.3. The lowest BCUT2D eigenvalue weighted by Gasteiger charge is -2.13. The van der Waals surface area contributed by atoms with E-state index in [0.29, 0.717) is 5.52 Å². The molecule has 0 radical (unpaired) electrons. The Kier molecular flexibility index (Phi) is 3.80. The Morgan fingerprint density at radius 1 is 1.08 bits per heavy atom. The number of carbonyl (C=O) groups is 1. The Labute approximate surface area is 133 Å². The maximum Gasteiger partial charge on any atom is 0.416 e. The summed E-state index contributed by atoms with van der Waals surface area (Å²) in [6, 6.07) is 8.90. The van der Waals surface area contributed by atoms with Gasteiger partial charge in [0.15, 0.2) is 0 Å². The molecule has 0 saturated carbocycles. The maximum atomic E-state index is 12.8. The van der Waals surface area contributed by atoms with E-state index in [1.807, 2.05) is 0 Å². The van der Waals surface area contributed by atoms with Crippen LogP contribution in [0.3, 0.4) is 0 Å². The summed E-state index contributed by atoms with van der Waals surface area (Å²) in [6.07, 6.45) is -3.29. The Morgan fingerprint density at radius 3 is 2.54 bits per heavy atom. The van der Waals surface area contributed by atoms with Crippen LogP contribution in [0.2, 0.25) is 0 Å². The average molecular weight is 332 g/mol. The summed E-state index contributed by atoms with van der Waals surface area (Å²) in [7, 11) is 0. The summed E-state index contributed by atoms with van der Waals surface area (Å²) in [5.74, 6) is -1.35. The number of nitrogens with zero attached hydrogens (tertiary/aromatic N) is 2. The third kappa shape index (κ3) is 2.98. The van der Waals surface area contributed by atoms with E-state index in [9.17, 15) is 23.1 Å². The highest BCUT2D eigenvalue weighted by atomic mass is 19.4. The zero-order valence-electron chi connectivity index (χ0n) is 12.0. The molecule has 1 N–H and O–H groups in total. The van der Waals surface area contributed by atoms with Gasteiger partial charge in [-0.1, -0.05) is 18.2 Å². The van der Waals surface area contributed by atoms with Gasteiger partial charge in [0.2, 0.25) is 0 Å². The van der Waals surface area contributed by atoms with E-state index in [1.165, 1.54) is 30.6 Å². The molecule has 0 unspecified atom stereocenters. The number of halogens is 3. The molecule has 8 heteroatoms. The predicted octanol–water partition coefficient (Wildman–Crippen LogP) is 2.76. The second-order valence-corrected chi connectivity index (χ2v) is 4.91. The molecule has 0 spiro atoms. The summed E-state index contributed by atoms with van der Waals surface area (Å²) in [5.41, 5.74) is -0.521. The number of aromatic nitrogens is 2. The van der Waals surface area contributed by atoms with Crippen molar-refractivity contribution in [3.8, 4) is 0 Å². The van der Waals surface area contributed by atoms with Crippen molar-refractivity contribution >= 4 is 28.4 Å². The number of aromatic carboxylic acids is 1. The van der Waals surface area contributed by atoms with Crippen molar-refractivity contribution in [3.63, 3.8) is 0 Å². The van der Waals surface area contributed by atoms with E-state index in [2.05, 4.69) is 15.3 Å². The second kappa shape index (κ2) is 5.80. The maximum absolute atomic E-state index is 12.8. The van der Waals surface area contributed by atoms with Crippen LogP contribution in [0.15, 0.2) is 48.8 Å². The Balaban J connectivity index is 2.10. The molecule has 0 bridgehead atoms. The highest BCUT2D eigenvalue weighted by molar-refractivity contribution is 6.06. The van der Waals surface area contributed by atoms with Gasteiger partial charge in [0.1, 0.15) is 12.1 Å². The zero-order valence-corrected chi connectivity index (χ0v) is 12.0. The van der Waals surface area contributed by atoms with Crippen molar-refractivity contribution in [1.82, 2.24) is 9.97 Å². The molecule has 1 aromatic heterocycles. The molecule has 3 aromatic rings. The van der Waals surface area contributed by atoms with E-state index in [4.69, 9.17) is 0 Å². The van der Waals surface area contributed by atoms with Crippen LogP contribution in [0.5, 0.6) is 0 Å². The SMILES string of the molecule is O=C([O-])c1cccc2ncnc(Nc3cccc(C(F)(F)F)c3)c12. The fourth-order valence-corrected chi connectivity index (χ4v) is 2.28. The number of rotatable bonds is 3. The molecule has 0 aliphatic rings. The lowest BCUT2D eigenvalue weighted by Crippen LogP contribution is -2.22. The van der Waals surface area contributed by atoms with Crippen LogP contribution in [0.1, 0.15) is 15.9 Å². The van der Waals surface area contributed by atoms with Crippen molar-refractivity contribution in [2.24, 2.45) is 0 Å². The third-order valence-corrected chi connectivity index (χ3v) is 3.34. The number of carboxylic acids is 1. The molecule has 2 aromatic carbocycles. The standard InChI is InChI=1S/C16H10F3N3O2/c17-16(18,19)9-3-1-4-10(7-9)22-14-13-11(15(23)24)5-2-6-12(13)20-8-21-14/h1-8H,(H,23,24)(H,20,21,22)/p-1. The smallest absolute Gasteiger partial charge is 0.416 e. The summed E-state index contributed by atoms with van der Waals surface area (Å²) < 4.78 is 38.4. The first-order valence-electron chi connectivity index (χ1n) is 6.75. The van der Waals surface area contributed by atoms with Crippen molar-refractivity contribution < 1.29 is 23.1 Å². The number of hydrogen-bond acceptors (Lipinski definition) is 5. The molecule has 0 aliphatic heterocycles. The van der Waals surface area contributed by atoms with E-state index in [0.717, 1.165) is 12.1 Å². The van der Waals surface area contributed by atoms with Gasteiger partial charge in [-0.25, -0.2) is 9.97 Å². The summed E-state index contributed by atoms with van der Waals surface area (Å²) in [5, 5.41) is 14.1. The number of hydrogen-bond donors (Lipinski definition) is 1. The molecule has 24 heavy (non-hydrogen) atoms. The van der Waals surface area contributed by atoms with E-state index in [-0.39, 0.29) is 22.5 Å². The minimum absolute atomic E-state index is 0.0825. The summed E-state index contributed by atoms with van der Waals surface area (Å²) in [4.78, 5) is 19.2. The van der Waals surface area contributed by atoms with E-state index in [1.54, 1.807) is 6.07 Å². The molecular weight excluding hydrogens is 323 g/mol. The third-order valence-electron chi connectivity index (χ3n) is 3.34. The van der Waals surface area contributed by atoms with Crippen LogP contribution in [-0.4, -0.2) is 15.9 Å². The van der Waals surface area contributed by atoms with Crippen molar-refractivity contribution in [3.05, 3.63) is 59.9 Å². The van der Waals surface area contributed by atoms with Crippen molar-refractivity contribution in [2.45, 2.75) is 6.18 Å². The van der Waals surface area contributed by atoms with Gasteiger partial charge in [-0.05, 0) is 24.3 Å². The molecule has 0 amide bonds. The van der Waals surface area contributed by atoms with Gasteiger partial charge >= 0.3 is 6.18 Å². The largest absolute Gasteiger partial charge is 0.545 e. The van der Waals surface area contributed by atoms with Crippen molar-refractivity contribution in [1.29, 1.82) is 0 Å². The Bertz CT molecular complexity index is 921. The van der Waals surface area contributed by atoms with Gasteiger partial charge in [-0.2, -0.15) is 13.2 Å². The summed E-state index contributed by atoms with van der Waals surface area (Å²) in [6.45, 7) is 0. The topological polar surface area (TPSA) is 77.9 Å². The monoisotopic (exact) mass is 332 g/mol. The molecule has 0 fully saturated rings. The Morgan fingerprint density at radius 2 is 1.83 bits per heavy atom. The van der Waals surface area contributed by atoms with Crippen LogP contribution < -0.4 is 10.4 Å². The normalized spacial score (nSPS) is 11.5. The average Bonchev–Trinajstić information content (AvgIpc) is 2.54.